The van der Waals surface area contributed by atoms with Crippen molar-refractivity contribution >= 4 is 29.0 Å². The molecule has 8 nitrogen and oxygen atoms in total. The number of anilines is 2. The van der Waals surface area contributed by atoms with E-state index in [1.54, 1.807) is 71.4 Å². The van der Waals surface area contributed by atoms with Gasteiger partial charge in [0, 0.05) is 23.2 Å². The van der Waals surface area contributed by atoms with Crippen LogP contribution in [0.3, 0.4) is 0 Å². The number of imidazole rings is 1. The number of nitrogens with one attached hydrogen (secondary N) is 2. The van der Waals surface area contributed by atoms with Crippen LogP contribution >= 0.6 is 0 Å². The number of ether oxygens (including phenoxy) is 1. The summed E-state index contributed by atoms with van der Waals surface area (Å²) >= 11 is 0. The fourth-order valence-electron chi connectivity index (χ4n) is 3.37. The number of amides is 2. The van der Waals surface area contributed by atoms with Gasteiger partial charge in [0.15, 0.2) is 5.82 Å². The van der Waals surface area contributed by atoms with Crippen LogP contribution in [0.5, 0.6) is 11.5 Å². The number of benzene rings is 2. The Morgan fingerprint density at radius 3 is 2.67 bits per heavy atom. The van der Waals surface area contributed by atoms with Gasteiger partial charge < -0.3 is 19.8 Å². The first-order valence-electron chi connectivity index (χ1n) is 10.5. The zero-order valence-corrected chi connectivity index (χ0v) is 17.5. The standard InChI is InChI=1S/C25H19N5O3/c26-13-16-3-1-4-18(11-16)25(32)27-19-5-2-6-20(12-19)33-21-9-10-23-28-22(15-30(23)14-21)29-24(31)17-7-8-17/h1-6,9-12,14-15,17H,7-8H2,(H,27,32)(H,29,31). The molecular formula is C25H19N5O3. The second-order valence-corrected chi connectivity index (χ2v) is 7.80. The van der Waals surface area contributed by atoms with Gasteiger partial charge >= 0.3 is 0 Å². The van der Waals surface area contributed by atoms with Crippen LogP contribution in [0.4, 0.5) is 11.5 Å². The van der Waals surface area contributed by atoms with Crippen molar-refractivity contribution in [3.8, 4) is 17.6 Å². The smallest absolute Gasteiger partial charge is 0.255 e. The van der Waals surface area contributed by atoms with E-state index in [9.17, 15) is 9.59 Å². The number of aromatic nitrogens is 2. The summed E-state index contributed by atoms with van der Waals surface area (Å²) in [5, 5.41) is 14.7. The lowest BCUT2D eigenvalue weighted by atomic mass is 10.1. The van der Waals surface area contributed by atoms with E-state index in [0.717, 1.165) is 12.8 Å². The molecule has 2 amide bonds. The quantitative estimate of drug-likeness (QED) is 0.458. The van der Waals surface area contributed by atoms with Crippen LogP contribution in [-0.4, -0.2) is 21.2 Å². The molecule has 1 saturated carbocycles. The molecule has 0 radical (unpaired) electrons. The molecule has 162 valence electrons. The maximum Gasteiger partial charge on any atom is 0.255 e. The molecule has 4 aromatic rings. The molecule has 2 aromatic carbocycles. The third kappa shape index (κ3) is 4.67. The van der Waals surface area contributed by atoms with Crippen molar-refractivity contribution in [3.05, 3.63) is 84.2 Å². The van der Waals surface area contributed by atoms with Gasteiger partial charge in [-0.2, -0.15) is 5.26 Å². The minimum Gasteiger partial charge on any atom is -0.456 e. The normalized spacial score (nSPS) is 12.7. The summed E-state index contributed by atoms with van der Waals surface area (Å²) in [6, 6.07) is 19.1. The lowest BCUT2D eigenvalue weighted by Gasteiger charge is -2.09. The van der Waals surface area contributed by atoms with E-state index in [-0.39, 0.29) is 17.7 Å². The summed E-state index contributed by atoms with van der Waals surface area (Å²) in [6.07, 6.45) is 5.38. The third-order valence-corrected chi connectivity index (χ3v) is 5.20. The summed E-state index contributed by atoms with van der Waals surface area (Å²) in [5.74, 6) is 1.43. The first-order chi connectivity index (χ1) is 16.1. The van der Waals surface area contributed by atoms with Gasteiger partial charge in [0.2, 0.25) is 5.91 Å². The van der Waals surface area contributed by atoms with Crippen LogP contribution in [0, 0.1) is 17.2 Å². The van der Waals surface area contributed by atoms with Crippen molar-refractivity contribution in [1.29, 1.82) is 5.26 Å². The van der Waals surface area contributed by atoms with Crippen molar-refractivity contribution < 1.29 is 14.3 Å². The van der Waals surface area contributed by atoms with Crippen LogP contribution in [0.2, 0.25) is 0 Å². The topological polar surface area (TPSA) is 109 Å². The Labute approximate surface area is 189 Å². The third-order valence-electron chi connectivity index (χ3n) is 5.20. The second kappa shape index (κ2) is 8.48. The highest BCUT2D eigenvalue weighted by molar-refractivity contribution is 6.04. The van der Waals surface area contributed by atoms with Crippen LogP contribution in [0.15, 0.2) is 73.1 Å². The van der Waals surface area contributed by atoms with E-state index in [1.165, 1.54) is 6.07 Å². The molecule has 1 aliphatic rings. The number of pyridine rings is 1. The van der Waals surface area contributed by atoms with Gasteiger partial charge in [0.05, 0.1) is 24.0 Å². The van der Waals surface area contributed by atoms with Gasteiger partial charge in [0.1, 0.15) is 17.1 Å². The molecule has 1 fully saturated rings. The molecular weight excluding hydrogens is 418 g/mol. The minimum atomic E-state index is -0.315. The molecule has 33 heavy (non-hydrogen) atoms. The highest BCUT2D eigenvalue weighted by atomic mass is 16.5. The average Bonchev–Trinajstić information content (AvgIpc) is 3.60. The zero-order chi connectivity index (χ0) is 22.8. The number of hydrogen-bond donors (Lipinski definition) is 2. The average molecular weight is 437 g/mol. The van der Waals surface area contributed by atoms with Gasteiger partial charge in [-0.15, -0.1) is 0 Å². The maximum absolute atomic E-state index is 12.5. The summed E-state index contributed by atoms with van der Waals surface area (Å²) in [5.41, 5.74) is 2.07. The van der Waals surface area contributed by atoms with Crippen molar-refractivity contribution in [2.24, 2.45) is 5.92 Å². The number of nitrogens with zero attached hydrogens (tertiary/aromatic N) is 3. The molecule has 0 bridgehead atoms. The molecule has 2 N–H and O–H groups in total. The van der Waals surface area contributed by atoms with Crippen LogP contribution < -0.4 is 15.4 Å². The van der Waals surface area contributed by atoms with Gasteiger partial charge in [-0.3, -0.25) is 9.59 Å². The van der Waals surface area contributed by atoms with E-state index < -0.39 is 0 Å². The zero-order valence-electron chi connectivity index (χ0n) is 17.5. The Morgan fingerprint density at radius 2 is 1.85 bits per heavy atom. The van der Waals surface area contributed by atoms with E-state index in [0.29, 0.717) is 39.8 Å². The first-order valence-corrected chi connectivity index (χ1v) is 10.5. The first kappa shape index (κ1) is 20.3. The Bertz CT molecular complexity index is 1420. The van der Waals surface area contributed by atoms with E-state index in [1.807, 2.05) is 6.07 Å². The number of fused-ring (bicyclic) bond motifs is 1. The van der Waals surface area contributed by atoms with Gasteiger partial charge in [-0.25, -0.2) is 4.98 Å². The van der Waals surface area contributed by atoms with E-state index >= 15 is 0 Å². The number of nitriles is 1. The molecule has 5 rings (SSSR count). The highest BCUT2D eigenvalue weighted by Crippen LogP contribution is 2.30. The predicted molar refractivity (Wildman–Crippen MR) is 122 cm³/mol. The minimum absolute atomic E-state index is 0.00749. The fraction of sp³-hybridized carbons (Fsp3) is 0.120. The van der Waals surface area contributed by atoms with Crippen molar-refractivity contribution in [2.45, 2.75) is 12.8 Å². The number of hydrogen-bond acceptors (Lipinski definition) is 5. The SMILES string of the molecule is N#Cc1cccc(C(=O)Nc2cccc(Oc3ccc4nc(NC(=O)C5CC5)cn4c3)c2)c1. The number of carbonyl (C=O) groups excluding carboxylic acids is 2. The summed E-state index contributed by atoms with van der Waals surface area (Å²) in [7, 11) is 0. The van der Waals surface area contributed by atoms with Crippen molar-refractivity contribution in [2.75, 3.05) is 10.6 Å². The Morgan fingerprint density at radius 1 is 1.00 bits per heavy atom. The molecule has 1 aliphatic carbocycles. The second-order valence-electron chi connectivity index (χ2n) is 7.80. The Balaban J connectivity index is 1.29. The molecule has 2 heterocycles. The summed E-state index contributed by atoms with van der Waals surface area (Å²) in [6.45, 7) is 0. The van der Waals surface area contributed by atoms with Crippen LogP contribution in [0.1, 0.15) is 28.8 Å². The summed E-state index contributed by atoms with van der Waals surface area (Å²) in [4.78, 5) is 28.9. The summed E-state index contributed by atoms with van der Waals surface area (Å²) < 4.78 is 7.74. The van der Waals surface area contributed by atoms with E-state index in [2.05, 4.69) is 15.6 Å². The molecule has 0 unspecified atom stereocenters. The van der Waals surface area contributed by atoms with E-state index in [4.69, 9.17) is 10.00 Å². The van der Waals surface area contributed by atoms with Crippen LogP contribution in [-0.2, 0) is 4.79 Å². The number of carbonyl (C=O) groups is 2. The van der Waals surface area contributed by atoms with Crippen molar-refractivity contribution in [1.82, 2.24) is 9.38 Å². The molecule has 0 atom stereocenters. The Hall–Kier alpha value is -4.64. The predicted octanol–water partition coefficient (Wildman–Crippen LogP) is 4.60. The molecule has 0 aliphatic heterocycles. The Kier molecular flexibility index (Phi) is 5.21. The monoisotopic (exact) mass is 437 g/mol. The van der Waals surface area contributed by atoms with Gasteiger partial charge in [-0.1, -0.05) is 12.1 Å². The van der Waals surface area contributed by atoms with Gasteiger partial charge in [0.25, 0.3) is 5.91 Å². The molecule has 2 aromatic heterocycles. The lowest BCUT2D eigenvalue weighted by molar-refractivity contribution is -0.117. The largest absolute Gasteiger partial charge is 0.456 e. The lowest BCUT2D eigenvalue weighted by Crippen LogP contribution is -2.13. The molecule has 0 spiro atoms. The number of rotatable bonds is 6. The fourth-order valence-corrected chi connectivity index (χ4v) is 3.37. The van der Waals surface area contributed by atoms with Gasteiger partial charge in [-0.05, 0) is 55.3 Å². The maximum atomic E-state index is 12.5. The van der Waals surface area contributed by atoms with Crippen molar-refractivity contribution in [3.63, 3.8) is 0 Å². The molecule has 0 saturated heterocycles. The highest BCUT2D eigenvalue weighted by Gasteiger charge is 2.30. The molecule has 8 heteroatoms. The van der Waals surface area contributed by atoms with Crippen LogP contribution in [0.25, 0.3) is 5.65 Å².